The van der Waals surface area contributed by atoms with Crippen molar-refractivity contribution in [1.82, 2.24) is 0 Å². The molecule has 0 spiro atoms. The molecule has 1 aliphatic rings. The Labute approximate surface area is 193 Å². The zero-order valence-corrected chi connectivity index (χ0v) is 19.2. The fourth-order valence-corrected chi connectivity index (χ4v) is 4.19. The van der Waals surface area contributed by atoms with Crippen LogP contribution >= 0.6 is 0 Å². The molecule has 33 heavy (non-hydrogen) atoms. The smallest absolute Gasteiger partial charge is 0.300 e. The van der Waals surface area contributed by atoms with Gasteiger partial charge in [0.15, 0.2) is 0 Å². The molecule has 5 nitrogen and oxygen atoms in total. The van der Waals surface area contributed by atoms with Gasteiger partial charge in [-0.2, -0.15) is 0 Å². The van der Waals surface area contributed by atoms with Crippen molar-refractivity contribution in [2.75, 3.05) is 4.90 Å². The van der Waals surface area contributed by atoms with E-state index in [2.05, 4.69) is 20.8 Å². The first-order chi connectivity index (χ1) is 15.6. The summed E-state index contributed by atoms with van der Waals surface area (Å²) in [6.07, 6.45) is 0. The molecule has 1 saturated heterocycles. The molecule has 0 aromatic heterocycles. The maximum atomic E-state index is 13.3. The molecule has 1 fully saturated rings. The van der Waals surface area contributed by atoms with Crippen LogP contribution in [0.1, 0.15) is 49.1 Å². The molecule has 0 saturated carbocycles. The van der Waals surface area contributed by atoms with E-state index in [9.17, 15) is 19.8 Å². The summed E-state index contributed by atoms with van der Waals surface area (Å²) in [7, 11) is 0. The van der Waals surface area contributed by atoms with Crippen molar-refractivity contribution in [1.29, 1.82) is 0 Å². The maximum Gasteiger partial charge on any atom is 0.300 e. The van der Waals surface area contributed by atoms with Gasteiger partial charge in [-0.15, -0.1) is 0 Å². The van der Waals surface area contributed by atoms with Gasteiger partial charge in [-0.25, -0.2) is 0 Å². The molecular formula is C28H27NO4. The maximum absolute atomic E-state index is 13.3. The molecule has 1 unspecified atom stereocenters. The monoisotopic (exact) mass is 441 g/mol. The van der Waals surface area contributed by atoms with Crippen molar-refractivity contribution < 1.29 is 19.8 Å². The van der Waals surface area contributed by atoms with Crippen LogP contribution in [0, 0.1) is 6.92 Å². The minimum Gasteiger partial charge on any atom is -0.508 e. The first-order valence-electron chi connectivity index (χ1n) is 10.9. The third kappa shape index (κ3) is 4.02. The third-order valence-corrected chi connectivity index (χ3v) is 6.02. The van der Waals surface area contributed by atoms with Gasteiger partial charge in [-0.3, -0.25) is 14.5 Å². The Morgan fingerprint density at radius 1 is 0.909 bits per heavy atom. The van der Waals surface area contributed by atoms with E-state index in [1.54, 1.807) is 36.4 Å². The number of aliphatic hydroxyl groups excluding tert-OH is 1. The number of carbonyl (C=O) groups excluding carboxylic acids is 2. The number of phenolic OH excluding ortho intramolecular Hbond substituents is 1. The highest BCUT2D eigenvalue weighted by molar-refractivity contribution is 6.51. The molecule has 5 heteroatoms. The van der Waals surface area contributed by atoms with Crippen molar-refractivity contribution in [3.8, 4) is 5.75 Å². The number of hydrogen-bond acceptors (Lipinski definition) is 4. The molecule has 0 radical (unpaired) electrons. The minimum atomic E-state index is -0.878. The summed E-state index contributed by atoms with van der Waals surface area (Å²) in [5.74, 6) is -1.69. The molecule has 4 rings (SSSR count). The number of Topliss-reactive ketones (excluding diaryl/α,β-unsaturated/α-hetero) is 1. The summed E-state index contributed by atoms with van der Waals surface area (Å²) in [4.78, 5) is 27.9. The lowest BCUT2D eigenvalue weighted by Crippen LogP contribution is -2.29. The predicted octanol–water partition coefficient (Wildman–Crippen LogP) is 5.62. The molecule has 3 aromatic carbocycles. The second-order valence-electron chi connectivity index (χ2n) is 9.38. The molecule has 2 N–H and O–H groups in total. The highest BCUT2D eigenvalue weighted by Crippen LogP contribution is 2.43. The van der Waals surface area contributed by atoms with Crippen LogP contribution in [0.5, 0.6) is 5.75 Å². The van der Waals surface area contributed by atoms with Gasteiger partial charge in [-0.05, 0) is 59.4 Å². The van der Waals surface area contributed by atoms with E-state index in [0.717, 1.165) is 11.1 Å². The van der Waals surface area contributed by atoms with Gasteiger partial charge >= 0.3 is 0 Å². The summed E-state index contributed by atoms with van der Waals surface area (Å²) >= 11 is 0. The predicted molar refractivity (Wildman–Crippen MR) is 129 cm³/mol. The van der Waals surface area contributed by atoms with Gasteiger partial charge in [0.1, 0.15) is 11.5 Å². The van der Waals surface area contributed by atoms with Crippen molar-refractivity contribution in [2.24, 2.45) is 0 Å². The van der Waals surface area contributed by atoms with Gasteiger partial charge in [0.25, 0.3) is 11.7 Å². The Morgan fingerprint density at radius 3 is 2.24 bits per heavy atom. The Hall–Kier alpha value is -3.86. The molecule has 3 aromatic rings. The standard InChI is InChI=1S/C28H27NO4/c1-17-13-14-19(28(2,3)4)16-22(17)25(31)23-24(18-9-8-12-21(30)15-18)29(27(33)26(23)32)20-10-6-5-7-11-20/h5-16,24,30-31H,1-4H3/b25-23+. The summed E-state index contributed by atoms with van der Waals surface area (Å²) in [6.45, 7) is 8.08. The Kier molecular flexibility index (Phi) is 5.58. The molecule has 1 heterocycles. The van der Waals surface area contributed by atoms with E-state index in [1.165, 1.54) is 17.0 Å². The fourth-order valence-electron chi connectivity index (χ4n) is 4.19. The average molecular weight is 442 g/mol. The average Bonchev–Trinajstić information content (AvgIpc) is 3.04. The van der Waals surface area contributed by atoms with Crippen molar-refractivity contribution >= 4 is 23.1 Å². The van der Waals surface area contributed by atoms with E-state index >= 15 is 0 Å². The number of carbonyl (C=O) groups is 2. The van der Waals surface area contributed by atoms with E-state index in [0.29, 0.717) is 16.8 Å². The number of aliphatic hydroxyl groups is 1. The molecule has 0 bridgehead atoms. The number of benzene rings is 3. The fraction of sp³-hybridized carbons (Fsp3) is 0.214. The number of aromatic hydroxyl groups is 1. The number of ketones is 1. The molecule has 168 valence electrons. The van der Waals surface area contributed by atoms with Crippen molar-refractivity contribution in [3.05, 3.63) is 101 Å². The Morgan fingerprint density at radius 2 is 1.61 bits per heavy atom. The first kappa shape index (κ1) is 22.3. The van der Waals surface area contributed by atoms with Crippen LogP contribution in [0.2, 0.25) is 0 Å². The van der Waals surface area contributed by atoms with Crippen LogP contribution in [0.25, 0.3) is 5.76 Å². The number of nitrogens with zero attached hydrogens (tertiary/aromatic N) is 1. The van der Waals surface area contributed by atoms with E-state index in [4.69, 9.17) is 0 Å². The molecule has 1 atom stereocenters. The summed E-state index contributed by atoms with van der Waals surface area (Å²) < 4.78 is 0. The molecule has 0 aliphatic carbocycles. The highest BCUT2D eigenvalue weighted by Gasteiger charge is 2.47. The van der Waals surface area contributed by atoms with Gasteiger partial charge < -0.3 is 10.2 Å². The van der Waals surface area contributed by atoms with E-state index in [-0.39, 0.29) is 22.5 Å². The number of rotatable bonds is 3. The van der Waals surface area contributed by atoms with Gasteiger partial charge in [-0.1, -0.05) is 63.2 Å². The van der Waals surface area contributed by atoms with Crippen LogP contribution in [0.3, 0.4) is 0 Å². The van der Waals surface area contributed by atoms with Crippen LogP contribution in [-0.2, 0) is 15.0 Å². The van der Waals surface area contributed by atoms with Gasteiger partial charge in [0.05, 0.1) is 11.6 Å². The Bertz CT molecular complexity index is 1270. The number of para-hydroxylation sites is 1. The summed E-state index contributed by atoms with van der Waals surface area (Å²) in [5, 5.41) is 21.6. The largest absolute Gasteiger partial charge is 0.508 e. The zero-order chi connectivity index (χ0) is 23.9. The first-order valence-corrected chi connectivity index (χ1v) is 10.9. The molecular weight excluding hydrogens is 414 g/mol. The molecule has 1 aliphatic heterocycles. The summed E-state index contributed by atoms with van der Waals surface area (Å²) in [5.41, 5.74) is 3.21. The second kappa shape index (κ2) is 8.24. The van der Waals surface area contributed by atoms with E-state index in [1.807, 2.05) is 31.2 Å². The van der Waals surface area contributed by atoms with Gasteiger partial charge in [0.2, 0.25) is 0 Å². The van der Waals surface area contributed by atoms with Crippen LogP contribution in [-0.4, -0.2) is 21.9 Å². The SMILES string of the molecule is Cc1ccc(C(C)(C)C)cc1/C(O)=C1\C(=O)C(=O)N(c2ccccc2)C1c1cccc(O)c1. The Balaban J connectivity index is 1.99. The number of phenols is 1. The zero-order valence-electron chi connectivity index (χ0n) is 19.2. The lowest BCUT2D eigenvalue weighted by atomic mass is 9.84. The van der Waals surface area contributed by atoms with Crippen LogP contribution < -0.4 is 4.90 Å². The lowest BCUT2D eigenvalue weighted by Gasteiger charge is -2.26. The number of anilines is 1. The van der Waals surface area contributed by atoms with Crippen molar-refractivity contribution in [2.45, 2.75) is 39.2 Å². The molecule has 1 amide bonds. The topological polar surface area (TPSA) is 77.8 Å². The second-order valence-corrected chi connectivity index (χ2v) is 9.38. The number of hydrogen-bond donors (Lipinski definition) is 2. The van der Waals surface area contributed by atoms with Gasteiger partial charge in [0, 0.05) is 11.3 Å². The normalized spacial score (nSPS) is 18.1. The van der Waals surface area contributed by atoms with Crippen molar-refractivity contribution in [3.63, 3.8) is 0 Å². The lowest BCUT2D eigenvalue weighted by molar-refractivity contribution is -0.132. The van der Waals surface area contributed by atoms with Crippen LogP contribution in [0.15, 0.2) is 78.4 Å². The quantitative estimate of drug-likeness (QED) is 0.314. The number of aryl methyl sites for hydroxylation is 1. The highest BCUT2D eigenvalue weighted by atomic mass is 16.3. The number of amides is 1. The van der Waals surface area contributed by atoms with Crippen LogP contribution in [0.4, 0.5) is 5.69 Å². The minimum absolute atomic E-state index is 0.00334. The third-order valence-electron chi connectivity index (χ3n) is 6.02. The summed E-state index contributed by atoms with van der Waals surface area (Å²) in [6, 6.07) is 20.2. The van der Waals surface area contributed by atoms with E-state index < -0.39 is 17.7 Å².